The molecule has 1 aromatic carbocycles. The van der Waals surface area contributed by atoms with E-state index < -0.39 is 0 Å². The summed E-state index contributed by atoms with van der Waals surface area (Å²) < 4.78 is 4.89. The lowest BCUT2D eigenvalue weighted by Crippen LogP contribution is -2.11. The molecule has 0 aliphatic rings. The minimum atomic E-state index is -0.121. The van der Waals surface area contributed by atoms with E-state index in [1.165, 1.54) is 11.1 Å². The van der Waals surface area contributed by atoms with Gasteiger partial charge in [0.25, 0.3) is 0 Å². The zero-order chi connectivity index (χ0) is 12.5. The molecule has 0 saturated carbocycles. The maximum absolute atomic E-state index is 11.2. The van der Waals surface area contributed by atoms with Crippen LogP contribution in [0.4, 0.5) is 0 Å². The lowest BCUT2D eigenvalue weighted by Gasteiger charge is -2.05. The normalized spacial score (nSPS) is 10.2. The van der Waals surface area contributed by atoms with Crippen LogP contribution in [0.2, 0.25) is 0 Å². The van der Waals surface area contributed by atoms with Crippen LogP contribution in [0.5, 0.6) is 0 Å². The Morgan fingerprint density at radius 2 is 1.82 bits per heavy atom. The molecular weight excluding hydrogens is 214 g/mol. The van der Waals surface area contributed by atoms with Crippen molar-refractivity contribution in [3.05, 3.63) is 35.4 Å². The Bertz CT molecular complexity index is 333. The Morgan fingerprint density at radius 1 is 1.18 bits per heavy atom. The van der Waals surface area contributed by atoms with Gasteiger partial charge in [0, 0.05) is 13.0 Å². The van der Waals surface area contributed by atoms with Gasteiger partial charge in [-0.25, -0.2) is 0 Å². The van der Waals surface area contributed by atoms with Crippen LogP contribution in [0.1, 0.15) is 31.4 Å². The largest absolute Gasteiger partial charge is 0.466 e. The molecule has 17 heavy (non-hydrogen) atoms. The summed E-state index contributed by atoms with van der Waals surface area (Å²) in [6.45, 7) is 6.25. The third kappa shape index (κ3) is 5.50. The highest BCUT2D eigenvalue weighted by molar-refractivity contribution is 5.69. The molecule has 0 amide bonds. The van der Waals surface area contributed by atoms with Crippen molar-refractivity contribution in [3.63, 3.8) is 0 Å². The molecule has 0 saturated heterocycles. The predicted molar refractivity (Wildman–Crippen MR) is 68.8 cm³/mol. The number of nitrogens with one attached hydrogen (secondary N) is 1. The Morgan fingerprint density at radius 3 is 2.41 bits per heavy atom. The van der Waals surface area contributed by atoms with E-state index in [0.29, 0.717) is 13.0 Å². The SMILES string of the molecule is CCNCc1ccc(CCC(=O)OCC)cc1. The second kappa shape index (κ2) is 7.85. The van der Waals surface area contributed by atoms with Gasteiger partial charge in [0.05, 0.1) is 6.61 Å². The van der Waals surface area contributed by atoms with Crippen LogP contribution in [0.3, 0.4) is 0 Å². The lowest BCUT2D eigenvalue weighted by molar-refractivity contribution is -0.143. The molecule has 0 fully saturated rings. The molecule has 1 rings (SSSR count). The van der Waals surface area contributed by atoms with Gasteiger partial charge in [-0.1, -0.05) is 31.2 Å². The minimum Gasteiger partial charge on any atom is -0.466 e. The van der Waals surface area contributed by atoms with E-state index in [0.717, 1.165) is 19.5 Å². The van der Waals surface area contributed by atoms with Crippen LogP contribution in [-0.2, 0) is 22.5 Å². The summed E-state index contributed by atoms with van der Waals surface area (Å²) in [4.78, 5) is 11.2. The highest BCUT2D eigenvalue weighted by Crippen LogP contribution is 2.07. The first kappa shape index (κ1) is 13.7. The van der Waals surface area contributed by atoms with E-state index in [2.05, 4.69) is 36.5 Å². The van der Waals surface area contributed by atoms with Crippen LogP contribution >= 0.6 is 0 Å². The van der Waals surface area contributed by atoms with E-state index in [1.54, 1.807) is 0 Å². The third-order valence-electron chi connectivity index (χ3n) is 2.53. The van der Waals surface area contributed by atoms with Gasteiger partial charge in [0.15, 0.2) is 0 Å². The summed E-state index contributed by atoms with van der Waals surface area (Å²) in [7, 11) is 0. The van der Waals surface area contributed by atoms with E-state index >= 15 is 0 Å². The zero-order valence-corrected chi connectivity index (χ0v) is 10.7. The van der Waals surface area contributed by atoms with Crippen molar-refractivity contribution in [2.45, 2.75) is 33.2 Å². The molecule has 1 N–H and O–H groups in total. The molecule has 0 spiro atoms. The summed E-state index contributed by atoms with van der Waals surface area (Å²) in [5.74, 6) is -0.121. The van der Waals surface area contributed by atoms with Crippen molar-refractivity contribution in [2.75, 3.05) is 13.2 Å². The van der Waals surface area contributed by atoms with Crippen molar-refractivity contribution in [1.29, 1.82) is 0 Å². The fraction of sp³-hybridized carbons (Fsp3) is 0.500. The molecule has 3 nitrogen and oxygen atoms in total. The molecule has 0 unspecified atom stereocenters. The van der Waals surface area contributed by atoms with Crippen LogP contribution in [0.15, 0.2) is 24.3 Å². The minimum absolute atomic E-state index is 0.121. The van der Waals surface area contributed by atoms with Gasteiger partial charge < -0.3 is 10.1 Å². The van der Waals surface area contributed by atoms with Gasteiger partial charge in [-0.15, -0.1) is 0 Å². The third-order valence-corrected chi connectivity index (χ3v) is 2.53. The number of hydrogen-bond acceptors (Lipinski definition) is 3. The fourth-order valence-corrected chi connectivity index (χ4v) is 1.57. The van der Waals surface area contributed by atoms with Crippen molar-refractivity contribution in [2.24, 2.45) is 0 Å². The summed E-state index contributed by atoms with van der Waals surface area (Å²) in [5, 5.41) is 3.28. The predicted octanol–water partition coefficient (Wildman–Crippen LogP) is 2.29. The second-order valence-electron chi connectivity index (χ2n) is 3.90. The van der Waals surface area contributed by atoms with Crippen LogP contribution in [-0.4, -0.2) is 19.1 Å². The van der Waals surface area contributed by atoms with Gasteiger partial charge in [-0.2, -0.15) is 0 Å². The van der Waals surface area contributed by atoms with E-state index in [4.69, 9.17) is 4.74 Å². The second-order valence-corrected chi connectivity index (χ2v) is 3.90. The first-order valence-electron chi connectivity index (χ1n) is 6.20. The highest BCUT2D eigenvalue weighted by atomic mass is 16.5. The zero-order valence-electron chi connectivity index (χ0n) is 10.7. The van der Waals surface area contributed by atoms with E-state index in [-0.39, 0.29) is 5.97 Å². The maximum atomic E-state index is 11.2. The first-order chi connectivity index (χ1) is 8.26. The number of carbonyl (C=O) groups is 1. The lowest BCUT2D eigenvalue weighted by atomic mass is 10.1. The topological polar surface area (TPSA) is 38.3 Å². The fourth-order valence-electron chi connectivity index (χ4n) is 1.57. The standard InChI is InChI=1S/C14H21NO2/c1-3-15-11-13-7-5-12(6-8-13)9-10-14(16)17-4-2/h5-8,15H,3-4,9-11H2,1-2H3. The molecule has 1 aromatic rings. The van der Waals surface area contributed by atoms with E-state index in [9.17, 15) is 4.79 Å². The summed E-state index contributed by atoms with van der Waals surface area (Å²) >= 11 is 0. The average Bonchev–Trinajstić information content (AvgIpc) is 2.35. The number of ether oxygens (including phenoxy) is 1. The number of aryl methyl sites for hydroxylation is 1. The van der Waals surface area contributed by atoms with Gasteiger partial charge in [0.1, 0.15) is 0 Å². The van der Waals surface area contributed by atoms with Crippen molar-refractivity contribution < 1.29 is 9.53 Å². The molecule has 3 heteroatoms. The van der Waals surface area contributed by atoms with Gasteiger partial charge >= 0.3 is 5.97 Å². The molecule has 0 bridgehead atoms. The Kier molecular flexibility index (Phi) is 6.33. The number of carbonyl (C=O) groups excluding carboxylic acids is 1. The van der Waals surface area contributed by atoms with Crippen molar-refractivity contribution >= 4 is 5.97 Å². The molecule has 0 aliphatic carbocycles. The summed E-state index contributed by atoms with van der Waals surface area (Å²) in [6, 6.07) is 8.35. The molecule has 0 atom stereocenters. The molecule has 0 aromatic heterocycles. The number of benzene rings is 1. The van der Waals surface area contributed by atoms with Crippen LogP contribution in [0, 0.1) is 0 Å². The van der Waals surface area contributed by atoms with Crippen LogP contribution < -0.4 is 5.32 Å². The Balaban J connectivity index is 2.37. The molecular formula is C14H21NO2. The number of hydrogen-bond donors (Lipinski definition) is 1. The first-order valence-corrected chi connectivity index (χ1v) is 6.20. The monoisotopic (exact) mass is 235 g/mol. The summed E-state index contributed by atoms with van der Waals surface area (Å²) in [5.41, 5.74) is 2.45. The molecule has 94 valence electrons. The van der Waals surface area contributed by atoms with Crippen molar-refractivity contribution in [1.82, 2.24) is 5.32 Å². The molecule has 0 heterocycles. The number of rotatable bonds is 7. The van der Waals surface area contributed by atoms with E-state index in [1.807, 2.05) is 6.92 Å². The Labute approximate surface area is 103 Å². The quantitative estimate of drug-likeness (QED) is 0.737. The summed E-state index contributed by atoms with van der Waals surface area (Å²) in [6.07, 6.45) is 1.21. The highest BCUT2D eigenvalue weighted by Gasteiger charge is 2.02. The van der Waals surface area contributed by atoms with Crippen LogP contribution in [0.25, 0.3) is 0 Å². The molecule has 0 radical (unpaired) electrons. The smallest absolute Gasteiger partial charge is 0.306 e. The van der Waals surface area contributed by atoms with Gasteiger partial charge in [-0.3, -0.25) is 4.79 Å². The van der Waals surface area contributed by atoms with Crippen molar-refractivity contribution in [3.8, 4) is 0 Å². The van der Waals surface area contributed by atoms with Gasteiger partial charge in [0.2, 0.25) is 0 Å². The maximum Gasteiger partial charge on any atom is 0.306 e. The number of esters is 1. The molecule has 0 aliphatic heterocycles. The average molecular weight is 235 g/mol. The Hall–Kier alpha value is -1.35. The van der Waals surface area contributed by atoms with Gasteiger partial charge in [-0.05, 0) is 31.0 Å².